The Kier molecular flexibility index (Phi) is 3.74. The number of thiocarbonyl (C=S) groups is 1. The molecule has 0 saturated carbocycles. The molecule has 5 nitrogen and oxygen atoms in total. The number of amides is 2. The third-order valence-corrected chi connectivity index (χ3v) is 4.37. The van der Waals surface area contributed by atoms with Crippen LogP contribution in [0.25, 0.3) is 16.5 Å². The van der Waals surface area contributed by atoms with E-state index in [1.165, 1.54) is 11.3 Å². The summed E-state index contributed by atoms with van der Waals surface area (Å²) in [6, 6.07) is 11.0. The quantitative estimate of drug-likeness (QED) is 0.593. The summed E-state index contributed by atoms with van der Waals surface area (Å²) >= 11 is 6.42. The molecular formula is C15H11N3O2S2. The third kappa shape index (κ3) is 2.90. The van der Waals surface area contributed by atoms with E-state index in [-0.39, 0.29) is 5.91 Å². The van der Waals surface area contributed by atoms with Crippen molar-refractivity contribution in [2.75, 3.05) is 0 Å². The van der Waals surface area contributed by atoms with E-state index in [4.69, 9.17) is 18.0 Å². The fourth-order valence-corrected chi connectivity index (χ4v) is 3.17. The molecule has 1 aromatic heterocycles. The van der Waals surface area contributed by atoms with Gasteiger partial charge in [0.1, 0.15) is 5.70 Å². The highest BCUT2D eigenvalue weighted by atomic mass is 32.1. The van der Waals surface area contributed by atoms with Crippen LogP contribution in [0.15, 0.2) is 42.1 Å². The molecule has 110 valence electrons. The molecule has 1 aliphatic heterocycles. The van der Waals surface area contributed by atoms with Gasteiger partial charge in [-0.15, -0.1) is 11.3 Å². The van der Waals surface area contributed by atoms with Crippen LogP contribution >= 0.6 is 23.6 Å². The molecule has 2 aromatic rings. The third-order valence-electron chi connectivity index (χ3n) is 3.09. The largest absolute Gasteiger partial charge is 0.366 e. The van der Waals surface area contributed by atoms with Gasteiger partial charge in [-0.25, -0.2) is 0 Å². The minimum absolute atomic E-state index is 0.231. The first-order valence-electron chi connectivity index (χ1n) is 6.37. The first-order chi connectivity index (χ1) is 10.5. The monoisotopic (exact) mass is 329 g/mol. The van der Waals surface area contributed by atoms with Gasteiger partial charge < -0.3 is 11.1 Å². The van der Waals surface area contributed by atoms with Crippen molar-refractivity contribution in [3.63, 3.8) is 0 Å². The Morgan fingerprint density at radius 2 is 1.86 bits per heavy atom. The van der Waals surface area contributed by atoms with Gasteiger partial charge in [-0.3, -0.25) is 14.9 Å². The number of primary amides is 1. The second-order valence-corrected chi connectivity index (χ2v) is 6.13. The Morgan fingerprint density at radius 3 is 2.45 bits per heavy atom. The molecule has 1 aliphatic rings. The van der Waals surface area contributed by atoms with Gasteiger partial charge in [-0.05, 0) is 48.1 Å². The lowest BCUT2D eigenvalue weighted by Gasteiger charge is -1.99. The predicted octanol–water partition coefficient (Wildman–Crippen LogP) is 1.86. The Balaban J connectivity index is 1.85. The molecule has 1 aromatic carbocycles. The van der Waals surface area contributed by atoms with Crippen LogP contribution < -0.4 is 16.4 Å². The highest BCUT2D eigenvalue weighted by Gasteiger charge is 2.20. The Bertz CT molecular complexity index is 806. The summed E-state index contributed by atoms with van der Waals surface area (Å²) < 4.78 is 0. The summed E-state index contributed by atoms with van der Waals surface area (Å²) in [5, 5.41) is 5.64. The number of benzene rings is 1. The van der Waals surface area contributed by atoms with Crippen LogP contribution in [-0.2, 0) is 4.79 Å². The highest BCUT2D eigenvalue weighted by Crippen LogP contribution is 2.29. The maximum atomic E-state index is 11.6. The fourth-order valence-electron chi connectivity index (χ4n) is 2.01. The van der Waals surface area contributed by atoms with E-state index in [2.05, 4.69) is 10.6 Å². The zero-order valence-electron chi connectivity index (χ0n) is 11.3. The summed E-state index contributed by atoms with van der Waals surface area (Å²) in [5.74, 6) is -0.678. The van der Waals surface area contributed by atoms with Gasteiger partial charge in [0.25, 0.3) is 5.91 Å². The van der Waals surface area contributed by atoms with Crippen molar-refractivity contribution in [3.05, 3.63) is 52.5 Å². The molecule has 3 rings (SSSR count). The van der Waals surface area contributed by atoms with Crippen molar-refractivity contribution < 1.29 is 9.59 Å². The number of thiophene rings is 1. The van der Waals surface area contributed by atoms with Crippen LogP contribution in [0, 0.1) is 0 Å². The molecule has 0 unspecified atom stereocenters. The molecule has 0 bridgehead atoms. The van der Waals surface area contributed by atoms with Crippen LogP contribution in [-0.4, -0.2) is 16.9 Å². The molecule has 4 N–H and O–H groups in total. The Morgan fingerprint density at radius 1 is 1.14 bits per heavy atom. The van der Waals surface area contributed by atoms with E-state index >= 15 is 0 Å². The van der Waals surface area contributed by atoms with Crippen molar-refractivity contribution in [1.82, 2.24) is 10.6 Å². The fraction of sp³-hybridized carbons (Fsp3) is 0. The average molecular weight is 329 g/mol. The minimum atomic E-state index is -0.447. The smallest absolute Gasteiger partial charge is 0.273 e. The normalized spacial score (nSPS) is 15.7. The molecule has 2 heterocycles. The topological polar surface area (TPSA) is 84.2 Å². The van der Waals surface area contributed by atoms with Crippen molar-refractivity contribution in [2.24, 2.45) is 5.73 Å². The van der Waals surface area contributed by atoms with E-state index < -0.39 is 5.91 Å². The summed E-state index contributed by atoms with van der Waals surface area (Å²) in [6.45, 7) is 0. The second kappa shape index (κ2) is 5.70. The second-order valence-electron chi connectivity index (χ2n) is 4.61. The van der Waals surface area contributed by atoms with Crippen LogP contribution in [0.3, 0.4) is 0 Å². The molecule has 1 fully saturated rings. The van der Waals surface area contributed by atoms with E-state index in [0.29, 0.717) is 16.4 Å². The maximum absolute atomic E-state index is 11.6. The van der Waals surface area contributed by atoms with E-state index in [1.807, 2.05) is 24.3 Å². The summed E-state index contributed by atoms with van der Waals surface area (Å²) in [7, 11) is 0. The Labute approximate surface area is 135 Å². The molecule has 7 heteroatoms. The molecule has 0 aliphatic carbocycles. The molecule has 22 heavy (non-hydrogen) atoms. The average Bonchev–Trinajstić information content (AvgIpc) is 3.06. The van der Waals surface area contributed by atoms with Crippen LogP contribution in [0.2, 0.25) is 0 Å². The van der Waals surface area contributed by atoms with E-state index in [9.17, 15) is 9.59 Å². The minimum Gasteiger partial charge on any atom is -0.366 e. The number of carbonyl (C=O) groups is 2. The zero-order chi connectivity index (χ0) is 15.7. The lowest BCUT2D eigenvalue weighted by molar-refractivity contribution is -0.115. The van der Waals surface area contributed by atoms with Crippen LogP contribution in [0.4, 0.5) is 0 Å². The van der Waals surface area contributed by atoms with E-state index in [0.717, 1.165) is 15.3 Å². The number of hydrogen-bond acceptors (Lipinski definition) is 4. The maximum Gasteiger partial charge on any atom is 0.273 e. The van der Waals surface area contributed by atoms with E-state index in [1.54, 1.807) is 18.2 Å². The van der Waals surface area contributed by atoms with Gasteiger partial charge in [-0.1, -0.05) is 12.1 Å². The van der Waals surface area contributed by atoms with Crippen molar-refractivity contribution in [1.29, 1.82) is 0 Å². The number of carbonyl (C=O) groups excluding carboxylic acids is 2. The first-order valence-corrected chi connectivity index (χ1v) is 7.59. The number of rotatable bonds is 3. The Hall–Kier alpha value is -2.51. The first kappa shape index (κ1) is 14.4. The summed E-state index contributed by atoms with van der Waals surface area (Å²) in [5.41, 5.74) is 7.12. The van der Waals surface area contributed by atoms with Gasteiger partial charge in [0.2, 0.25) is 5.91 Å². The standard InChI is InChI=1S/C15H11N3O2S2/c16-13(19)9-3-1-8(2-4-9)12-6-5-10(22-12)7-11-14(20)18-15(21)17-11/h1-7H,(H2,16,19)(H2,17,18,20,21)/b11-7-. The highest BCUT2D eigenvalue weighted by molar-refractivity contribution is 7.80. The lowest BCUT2D eigenvalue weighted by atomic mass is 10.1. The summed E-state index contributed by atoms with van der Waals surface area (Å²) in [6.07, 6.45) is 1.75. The molecule has 0 atom stereocenters. The number of hydrogen-bond donors (Lipinski definition) is 3. The lowest BCUT2D eigenvalue weighted by Crippen LogP contribution is -2.21. The zero-order valence-corrected chi connectivity index (χ0v) is 12.9. The van der Waals surface area contributed by atoms with Gasteiger partial charge >= 0.3 is 0 Å². The van der Waals surface area contributed by atoms with Gasteiger partial charge in [0, 0.05) is 15.3 Å². The SMILES string of the molecule is NC(=O)c1ccc(-c2ccc(/C=C3\NC(=S)NC3=O)s2)cc1. The number of nitrogens with one attached hydrogen (secondary N) is 2. The molecule has 0 radical (unpaired) electrons. The number of nitrogens with two attached hydrogens (primary N) is 1. The van der Waals surface area contributed by atoms with Gasteiger partial charge in [0.15, 0.2) is 5.11 Å². The van der Waals surface area contributed by atoms with Gasteiger partial charge in [0.05, 0.1) is 0 Å². The van der Waals surface area contributed by atoms with Crippen LogP contribution in [0.5, 0.6) is 0 Å². The molecule has 1 saturated heterocycles. The molecule has 2 amide bonds. The van der Waals surface area contributed by atoms with Crippen molar-refractivity contribution in [3.8, 4) is 10.4 Å². The molecule has 0 spiro atoms. The molecular weight excluding hydrogens is 318 g/mol. The van der Waals surface area contributed by atoms with Crippen molar-refractivity contribution >= 4 is 46.6 Å². The predicted molar refractivity (Wildman–Crippen MR) is 90.1 cm³/mol. The van der Waals surface area contributed by atoms with Gasteiger partial charge in [-0.2, -0.15) is 0 Å². The van der Waals surface area contributed by atoms with Crippen LogP contribution in [0.1, 0.15) is 15.2 Å². The van der Waals surface area contributed by atoms with Crippen molar-refractivity contribution in [2.45, 2.75) is 0 Å². The summed E-state index contributed by atoms with van der Waals surface area (Å²) in [4.78, 5) is 24.6.